The Balaban J connectivity index is 1.33. The summed E-state index contributed by atoms with van der Waals surface area (Å²) in [5.41, 5.74) is 1.67. The first-order valence-corrected chi connectivity index (χ1v) is 10.9. The van der Waals surface area contributed by atoms with Crippen molar-refractivity contribution in [3.8, 4) is 11.5 Å². The summed E-state index contributed by atoms with van der Waals surface area (Å²) in [6.07, 6.45) is 1.40. The summed E-state index contributed by atoms with van der Waals surface area (Å²) in [6, 6.07) is 19.0. The second-order valence-electron chi connectivity index (χ2n) is 6.85. The SMILES string of the molecule is O=S(=O)(Cc1ccccc1)N1CCC(Nc2noc(-c3ccccc3)n2)CC1. The number of benzene rings is 2. The van der Waals surface area contributed by atoms with Crippen LogP contribution in [-0.2, 0) is 15.8 Å². The van der Waals surface area contributed by atoms with Crippen LogP contribution in [0.4, 0.5) is 5.95 Å². The van der Waals surface area contributed by atoms with Gasteiger partial charge in [-0.2, -0.15) is 4.98 Å². The van der Waals surface area contributed by atoms with Crippen LogP contribution in [0.25, 0.3) is 11.5 Å². The summed E-state index contributed by atoms with van der Waals surface area (Å²) < 4.78 is 32.2. The molecule has 0 saturated carbocycles. The lowest BCUT2D eigenvalue weighted by molar-refractivity contribution is 0.328. The van der Waals surface area contributed by atoms with Crippen molar-refractivity contribution in [1.29, 1.82) is 0 Å². The third kappa shape index (κ3) is 4.40. The van der Waals surface area contributed by atoms with E-state index in [1.165, 1.54) is 0 Å². The van der Waals surface area contributed by atoms with Crippen molar-refractivity contribution >= 4 is 16.0 Å². The molecule has 2 aromatic carbocycles. The highest BCUT2D eigenvalue weighted by atomic mass is 32.2. The molecule has 0 bridgehead atoms. The molecule has 7 nitrogen and oxygen atoms in total. The first-order valence-electron chi connectivity index (χ1n) is 9.27. The van der Waals surface area contributed by atoms with E-state index in [1.54, 1.807) is 4.31 Å². The number of aromatic nitrogens is 2. The van der Waals surface area contributed by atoms with Crippen LogP contribution in [0, 0.1) is 0 Å². The van der Waals surface area contributed by atoms with E-state index in [9.17, 15) is 8.42 Å². The minimum absolute atomic E-state index is 0.0389. The summed E-state index contributed by atoms with van der Waals surface area (Å²) in [6.45, 7) is 0.965. The van der Waals surface area contributed by atoms with Gasteiger partial charge in [-0.15, -0.1) is 0 Å². The molecule has 1 aliphatic heterocycles. The molecule has 1 aromatic heterocycles. The predicted molar refractivity (Wildman–Crippen MR) is 107 cm³/mol. The summed E-state index contributed by atoms with van der Waals surface area (Å²) in [4.78, 5) is 4.38. The maximum absolute atomic E-state index is 12.6. The number of nitrogens with zero attached hydrogens (tertiary/aromatic N) is 3. The molecule has 1 N–H and O–H groups in total. The smallest absolute Gasteiger partial charge is 0.263 e. The van der Waals surface area contributed by atoms with Crippen LogP contribution < -0.4 is 5.32 Å². The van der Waals surface area contributed by atoms with Gasteiger partial charge in [0.15, 0.2) is 0 Å². The Bertz CT molecular complexity index is 998. The first-order chi connectivity index (χ1) is 13.6. The largest absolute Gasteiger partial charge is 0.349 e. The van der Waals surface area contributed by atoms with Gasteiger partial charge in [0.05, 0.1) is 5.75 Å². The molecule has 0 radical (unpaired) electrons. The lowest BCUT2D eigenvalue weighted by Crippen LogP contribution is -2.42. The highest BCUT2D eigenvalue weighted by Gasteiger charge is 2.28. The van der Waals surface area contributed by atoms with Gasteiger partial charge in [0, 0.05) is 24.7 Å². The molecule has 1 aliphatic rings. The van der Waals surface area contributed by atoms with Gasteiger partial charge in [-0.25, -0.2) is 12.7 Å². The topological polar surface area (TPSA) is 88.3 Å². The molecule has 1 fully saturated rings. The van der Waals surface area contributed by atoms with E-state index in [1.807, 2.05) is 60.7 Å². The molecule has 0 atom stereocenters. The minimum Gasteiger partial charge on any atom is -0.349 e. The van der Waals surface area contributed by atoms with Gasteiger partial charge in [-0.3, -0.25) is 0 Å². The number of piperidine rings is 1. The van der Waals surface area contributed by atoms with Crippen molar-refractivity contribution < 1.29 is 12.9 Å². The van der Waals surface area contributed by atoms with E-state index in [4.69, 9.17) is 4.52 Å². The second kappa shape index (κ2) is 8.12. The van der Waals surface area contributed by atoms with Gasteiger partial charge in [0.1, 0.15) is 0 Å². The van der Waals surface area contributed by atoms with Crippen molar-refractivity contribution in [1.82, 2.24) is 14.4 Å². The Morgan fingerprint density at radius 1 is 1.00 bits per heavy atom. The lowest BCUT2D eigenvalue weighted by Gasteiger charge is -2.31. The van der Waals surface area contributed by atoms with Crippen LogP contribution >= 0.6 is 0 Å². The number of sulfonamides is 1. The quantitative estimate of drug-likeness (QED) is 0.686. The van der Waals surface area contributed by atoms with Crippen molar-refractivity contribution in [3.63, 3.8) is 0 Å². The Labute approximate surface area is 164 Å². The zero-order valence-electron chi connectivity index (χ0n) is 15.4. The number of anilines is 1. The van der Waals surface area contributed by atoms with E-state index >= 15 is 0 Å². The zero-order valence-corrected chi connectivity index (χ0v) is 16.2. The van der Waals surface area contributed by atoms with Gasteiger partial charge in [-0.1, -0.05) is 48.5 Å². The van der Waals surface area contributed by atoms with Gasteiger partial charge < -0.3 is 9.84 Å². The maximum atomic E-state index is 12.6. The molecule has 0 aliphatic carbocycles. The van der Waals surface area contributed by atoms with Crippen LogP contribution in [-0.4, -0.2) is 42.0 Å². The van der Waals surface area contributed by atoms with E-state index in [-0.39, 0.29) is 11.8 Å². The van der Waals surface area contributed by atoms with E-state index < -0.39 is 10.0 Å². The van der Waals surface area contributed by atoms with Gasteiger partial charge >= 0.3 is 0 Å². The molecule has 1 saturated heterocycles. The van der Waals surface area contributed by atoms with Crippen LogP contribution in [0.5, 0.6) is 0 Å². The van der Waals surface area contributed by atoms with E-state index in [0.29, 0.717) is 37.8 Å². The number of rotatable bonds is 6. The minimum atomic E-state index is -3.31. The molecule has 146 valence electrons. The molecule has 3 aromatic rings. The van der Waals surface area contributed by atoms with Crippen molar-refractivity contribution in [2.75, 3.05) is 18.4 Å². The Morgan fingerprint density at radius 3 is 2.32 bits per heavy atom. The summed E-state index contributed by atoms with van der Waals surface area (Å²) in [7, 11) is -3.31. The van der Waals surface area contributed by atoms with Crippen LogP contribution in [0.1, 0.15) is 18.4 Å². The summed E-state index contributed by atoms with van der Waals surface area (Å²) in [5.74, 6) is 0.937. The fourth-order valence-electron chi connectivity index (χ4n) is 3.32. The Hall–Kier alpha value is -2.71. The molecule has 2 heterocycles. The van der Waals surface area contributed by atoms with Crippen LogP contribution in [0.15, 0.2) is 65.2 Å². The Morgan fingerprint density at radius 2 is 1.64 bits per heavy atom. The molecule has 0 amide bonds. The lowest BCUT2D eigenvalue weighted by atomic mass is 10.1. The fourth-order valence-corrected chi connectivity index (χ4v) is 4.88. The molecule has 8 heteroatoms. The summed E-state index contributed by atoms with van der Waals surface area (Å²) >= 11 is 0. The standard InChI is InChI=1S/C20H22N4O3S/c25-28(26,15-16-7-3-1-4-8-16)24-13-11-18(12-14-24)21-20-22-19(27-23-20)17-9-5-2-6-10-17/h1-10,18H,11-15H2,(H,21,23). The highest BCUT2D eigenvalue weighted by molar-refractivity contribution is 7.88. The molecule has 28 heavy (non-hydrogen) atoms. The monoisotopic (exact) mass is 398 g/mol. The summed E-state index contributed by atoms with van der Waals surface area (Å²) in [5, 5.41) is 7.24. The van der Waals surface area contributed by atoms with Crippen LogP contribution in [0.3, 0.4) is 0 Å². The van der Waals surface area contributed by atoms with E-state index in [0.717, 1.165) is 11.1 Å². The normalized spacial score (nSPS) is 16.1. The number of hydrogen-bond donors (Lipinski definition) is 1. The molecule has 0 unspecified atom stereocenters. The number of nitrogens with one attached hydrogen (secondary N) is 1. The average molecular weight is 398 g/mol. The van der Waals surface area contributed by atoms with Crippen LogP contribution in [0.2, 0.25) is 0 Å². The van der Waals surface area contributed by atoms with Crippen molar-refractivity contribution in [2.45, 2.75) is 24.6 Å². The number of hydrogen-bond acceptors (Lipinski definition) is 6. The average Bonchev–Trinajstić information content (AvgIpc) is 3.18. The molecule has 4 rings (SSSR count). The first kappa shape index (κ1) is 18.6. The Kier molecular flexibility index (Phi) is 5.40. The van der Waals surface area contributed by atoms with Gasteiger partial charge in [-0.05, 0) is 35.7 Å². The maximum Gasteiger partial charge on any atom is 0.263 e. The molecular weight excluding hydrogens is 376 g/mol. The highest BCUT2D eigenvalue weighted by Crippen LogP contribution is 2.22. The van der Waals surface area contributed by atoms with Gasteiger partial charge in [0.2, 0.25) is 10.0 Å². The second-order valence-corrected chi connectivity index (χ2v) is 8.82. The third-order valence-corrected chi connectivity index (χ3v) is 6.67. The van der Waals surface area contributed by atoms with Gasteiger partial charge in [0.25, 0.3) is 11.8 Å². The van der Waals surface area contributed by atoms with Crippen molar-refractivity contribution in [3.05, 3.63) is 66.2 Å². The predicted octanol–water partition coefficient (Wildman–Crippen LogP) is 3.14. The van der Waals surface area contributed by atoms with Crippen molar-refractivity contribution in [2.24, 2.45) is 0 Å². The van der Waals surface area contributed by atoms with E-state index in [2.05, 4.69) is 15.5 Å². The molecule has 0 spiro atoms. The fraction of sp³-hybridized carbons (Fsp3) is 0.300. The third-order valence-electron chi connectivity index (χ3n) is 4.82. The zero-order chi connectivity index (χ0) is 19.4. The molecular formula is C20H22N4O3S.